The first-order valence-electron chi connectivity index (χ1n) is 8.33. The van der Waals surface area contributed by atoms with Crippen LogP contribution in [0.2, 0.25) is 0 Å². The van der Waals surface area contributed by atoms with Crippen LogP contribution >= 0.6 is 11.8 Å². The molecule has 2 fully saturated rings. The van der Waals surface area contributed by atoms with Crippen molar-refractivity contribution in [3.8, 4) is 0 Å². The van der Waals surface area contributed by atoms with Crippen LogP contribution in [0.25, 0.3) is 23.1 Å². The Labute approximate surface area is 153 Å². The number of furan rings is 1. The predicted octanol–water partition coefficient (Wildman–Crippen LogP) is 3.39. The van der Waals surface area contributed by atoms with Crippen molar-refractivity contribution in [2.45, 2.75) is 12.8 Å². The lowest BCUT2D eigenvalue weighted by Crippen LogP contribution is -2.25. The van der Waals surface area contributed by atoms with Gasteiger partial charge in [0.2, 0.25) is 5.91 Å². The van der Waals surface area contributed by atoms with Gasteiger partial charge in [-0.15, -0.1) is 0 Å². The molecule has 0 saturated carbocycles. The highest BCUT2D eigenvalue weighted by Crippen LogP contribution is 2.28. The van der Waals surface area contributed by atoms with Crippen molar-refractivity contribution in [2.75, 3.05) is 13.1 Å². The summed E-state index contributed by atoms with van der Waals surface area (Å²) in [4.78, 5) is 37.3. The van der Waals surface area contributed by atoms with Gasteiger partial charge in [0.25, 0.3) is 11.1 Å². The number of carbonyl (C=O) groups is 3. The van der Waals surface area contributed by atoms with Crippen molar-refractivity contribution in [3.63, 3.8) is 0 Å². The fourth-order valence-corrected chi connectivity index (χ4v) is 3.74. The Morgan fingerprint density at radius 1 is 1.23 bits per heavy atom. The molecule has 2 aromatic rings. The number of fused-ring (bicyclic) bond motifs is 1. The van der Waals surface area contributed by atoms with Gasteiger partial charge < -0.3 is 9.32 Å². The van der Waals surface area contributed by atoms with Crippen LogP contribution in [0.4, 0.5) is 4.79 Å². The van der Waals surface area contributed by atoms with Crippen molar-refractivity contribution in [2.24, 2.45) is 0 Å². The number of benzene rings is 1. The molecule has 0 unspecified atom stereocenters. The van der Waals surface area contributed by atoms with Gasteiger partial charge in [0.15, 0.2) is 0 Å². The summed E-state index contributed by atoms with van der Waals surface area (Å²) in [5.74, 6) is -0.378. The fraction of sp³-hybridized carbons (Fsp3) is 0.211. The van der Waals surface area contributed by atoms with E-state index in [1.165, 1.54) is 0 Å². The zero-order valence-corrected chi connectivity index (χ0v) is 14.7. The maximum Gasteiger partial charge on any atom is 0.290 e. The van der Waals surface area contributed by atoms with Gasteiger partial charge in [-0.2, -0.15) is 0 Å². The van der Waals surface area contributed by atoms with E-state index in [9.17, 15) is 14.4 Å². The topological polar surface area (TPSA) is 79.6 Å². The number of rotatable bonds is 3. The minimum absolute atomic E-state index is 0.00709. The van der Waals surface area contributed by atoms with Gasteiger partial charge in [-0.3, -0.25) is 19.7 Å². The molecule has 0 radical (unpaired) electrons. The zero-order valence-electron chi connectivity index (χ0n) is 13.9. The molecule has 0 aliphatic carbocycles. The summed E-state index contributed by atoms with van der Waals surface area (Å²) in [7, 11) is 0. The van der Waals surface area contributed by atoms with Gasteiger partial charge in [-0.25, -0.2) is 0 Å². The number of carbonyl (C=O) groups excluding carboxylic acids is 3. The van der Waals surface area contributed by atoms with Crippen LogP contribution in [0.15, 0.2) is 39.9 Å². The van der Waals surface area contributed by atoms with Crippen LogP contribution in [-0.4, -0.2) is 35.0 Å². The van der Waals surface area contributed by atoms with Gasteiger partial charge in [-0.1, -0.05) is 6.07 Å². The monoisotopic (exact) mass is 368 g/mol. The Hall–Kier alpha value is -2.80. The molecule has 1 aromatic heterocycles. The van der Waals surface area contributed by atoms with Crippen molar-refractivity contribution in [1.82, 2.24) is 10.2 Å². The van der Waals surface area contributed by atoms with E-state index in [0.29, 0.717) is 10.5 Å². The summed E-state index contributed by atoms with van der Waals surface area (Å²) in [6.07, 6.45) is 8.71. The molecule has 1 N–H and O–H groups in total. The molecule has 3 heterocycles. The average molecular weight is 368 g/mol. The second-order valence-corrected chi connectivity index (χ2v) is 7.18. The summed E-state index contributed by atoms with van der Waals surface area (Å²) in [6.45, 7) is 1.62. The highest BCUT2D eigenvalue weighted by atomic mass is 32.2. The second-order valence-electron chi connectivity index (χ2n) is 6.16. The molecule has 7 heteroatoms. The quantitative estimate of drug-likeness (QED) is 0.840. The van der Waals surface area contributed by atoms with Crippen LogP contribution < -0.4 is 5.32 Å². The highest BCUT2D eigenvalue weighted by molar-refractivity contribution is 8.18. The third kappa shape index (κ3) is 3.30. The SMILES string of the molecule is O=C1NC(=O)/C(=C/c2ccc3occ(/C=C/C(=O)N4CCCC4)c3c2)S1. The van der Waals surface area contributed by atoms with E-state index in [0.717, 1.165) is 54.2 Å². The zero-order chi connectivity index (χ0) is 18.1. The summed E-state index contributed by atoms with van der Waals surface area (Å²) < 4.78 is 5.53. The van der Waals surface area contributed by atoms with Crippen LogP contribution in [0.3, 0.4) is 0 Å². The number of imide groups is 1. The molecule has 1 aromatic carbocycles. The molecule has 2 aliphatic heterocycles. The number of amides is 3. The predicted molar refractivity (Wildman–Crippen MR) is 100 cm³/mol. The highest BCUT2D eigenvalue weighted by Gasteiger charge is 2.25. The number of thioether (sulfide) groups is 1. The van der Waals surface area contributed by atoms with E-state index in [1.807, 2.05) is 17.0 Å². The third-order valence-corrected chi connectivity index (χ3v) is 5.20. The van der Waals surface area contributed by atoms with Crippen molar-refractivity contribution < 1.29 is 18.8 Å². The summed E-state index contributed by atoms with van der Waals surface area (Å²) in [5.41, 5.74) is 2.28. The maximum atomic E-state index is 12.2. The minimum Gasteiger partial charge on any atom is -0.464 e. The molecular weight excluding hydrogens is 352 g/mol. The average Bonchev–Trinajstić information content (AvgIpc) is 3.34. The lowest BCUT2D eigenvalue weighted by molar-refractivity contribution is -0.125. The van der Waals surface area contributed by atoms with Gasteiger partial charge in [0.05, 0.1) is 11.2 Å². The Morgan fingerprint density at radius 3 is 2.77 bits per heavy atom. The lowest BCUT2D eigenvalue weighted by Gasteiger charge is -2.11. The van der Waals surface area contributed by atoms with Crippen LogP contribution in [0.1, 0.15) is 24.0 Å². The number of nitrogens with one attached hydrogen (secondary N) is 1. The van der Waals surface area contributed by atoms with Gasteiger partial charge >= 0.3 is 0 Å². The molecule has 132 valence electrons. The molecule has 0 atom stereocenters. The van der Waals surface area contributed by atoms with E-state index in [-0.39, 0.29) is 17.1 Å². The molecule has 3 amide bonds. The van der Waals surface area contributed by atoms with Crippen LogP contribution in [-0.2, 0) is 9.59 Å². The summed E-state index contributed by atoms with van der Waals surface area (Å²) >= 11 is 0.882. The molecule has 0 spiro atoms. The first-order chi connectivity index (χ1) is 12.6. The largest absolute Gasteiger partial charge is 0.464 e. The van der Waals surface area contributed by atoms with E-state index in [4.69, 9.17) is 4.42 Å². The van der Waals surface area contributed by atoms with Gasteiger partial charge in [0.1, 0.15) is 5.58 Å². The van der Waals surface area contributed by atoms with E-state index >= 15 is 0 Å². The first-order valence-corrected chi connectivity index (χ1v) is 9.15. The smallest absolute Gasteiger partial charge is 0.290 e. The van der Waals surface area contributed by atoms with E-state index < -0.39 is 0 Å². The van der Waals surface area contributed by atoms with Gasteiger partial charge in [0, 0.05) is 30.1 Å². The van der Waals surface area contributed by atoms with Gasteiger partial charge in [-0.05, 0) is 54.5 Å². The molecule has 26 heavy (non-hydrogen) atoms. The molecule has 2 aliphatic rings. The lowest BCUT2D eigenvalue weighted by atomic mass is 10.1. The Kier molecular flexibility index (Phi) is 4.38. The Bertz CT molecular complexity index is 967. The van der Waals surface area contributed by atoms with E-state index in [1.54, 1.807) is 30.6 Å². The van der Waals surface area contributed by atoms with Crippen molar-refractivity contribution in [3.05, 3.63) is 46.6 Å². The molecule has 6 nitrogen and oxygen atoms in total. The summed E-state index contributed by atoms with van der Waals surface area (Å²) in [5, 5.41) is 2.72. The first kappa shape index (κ1) is 16.7. The normalized spacial score (nSPS) is 19.2. The summed E-state index contributed by atoms with van der Waals surface area (Å²) in [6, 6.07) is 5.50. The molecule has 4 rings (SSSR count). The van der Waals surface area contributed by atoms with Crippen LogP contribution in [0, 0.1) is 0 Å². The van der Waals surface area contributed by atoms with E-state index in [2.05, 4.69) is 5.32 Å². The third-order valence-electron chi connectivity index (χ3n) is 4.39. The van der Waals surface area contributed by atoms with Crippen molar-refractivity contribution in [1.29, 1.82) is 0 Å². The maximum absolute atomic E-state index is 12.2. The number of nitrogens with zero attached hydrogens (tertiary/aromatic N) is 1. The second kappa shape index (κ2) is 6.84. The molecular formula is C19H16N2O4S. The Balaban J connectivity index is 1.60. The Morgan fingerprint density at radius 2 is 2.04 bits per heavy atom. The van der Waals surface area contributed by atoms with Crippen LogP contribution in [0.5, 0.6) is 0 Å². The minimum atomic E-state index is -0.386. The number of hydrogen-bond donors (Lipinski definition) is 1. The standard InChI is InChI=1S/C19H16N2O4S/c22-17(21-7-1-2-8-21)6-4-13-11-25-15-5-3-12(9-14(13)15)10-16-18(23)20-19(24)26-16/h3-6,9-11H,1-2,7-8H2,(H,20,23,24)/b6-4+,16-10-. The number of likely N-dealkylation sites (tertiary alicyclic amines) is 1. The van der Waals surface area contributed by atoms with Crippen molar-refractivity contribution >= 4 is 51.9 Å². The number of hydrogen-bond acceptors (Lipinski definition) is 5. The molecule has 0 bridgehead atoms. The fourth-order valence-electron chi connectivity index (χ4n) is 3.06. The molecule has 2 saturated heterocycles.